The van der Waals surface area contributed by atoms with E-state index in [4.69, 9.17) is 15.6 Å². The predicted molar refractivity (Wildman–Crippen MR) is 66.9 cm³/mol. The Hall–Kier alpha value is -1.34. The first-order chi connectivity index (χ1) is 8.22. The summed E-state index contributed by atoms with van der Waals surface area (Å²) < 4.78 is 5.04. The van der Waals surface area contributed by atoms with E-state index in [2.05, 4.69) is 10.6 Å². The Bertz CT molecular complexity index is 276. The van der Waals surface area contributed by atoms with Gasteiger partial charge in [-0.1, -0.05) is 0 Å². The highest BCUT2D eigenvalue weighted by atomic mass is 16.6. The minimum Gasteiger partial charge on any atom is -0.444 e. The lowest BCUT2D eigenvalue weighted by atomic mass is 10.2. The average molecular weight is 261 g/mol. The molecule has 0 aliphatic rings. The van der Waals surface area contributed by atoms with Crippen LogP contribution in [0.2, 0.25) is 0 Å². The van der Waals surface area contributed by atoms with Gasteiger partial charge in [-0.3, -0.25) is 4.79 Å². The molecule has 0 bridgehead atoms. The molecule has 18 heavy (non-hydrogen) atoms. The van der Waals surface area contributed by atoms with Crippen molar-refractivity contribution in [2.75, 3.05) is 19.6 Å². The van der Waals surface area contributed by atoms with Gasteiger partial charge in [0, 0.05) is 13.1 Å². The zero-order valence-corrected chi connectivity index (χ0v) is 11.2. The molecule has 1 atom stereocenters. The molecule has 2 amide bonds. The molecule has 106 valence electrons. The van der Waals surface area contributed by atoms with Crippen molar-refractivity contribution < 1.29 is 19.4 Å². The SMILES string of the molecule is CC(C)(C)OC(=O)NCCCNCC(O)C(N)=O. The summed E-state index contributed by atoms with van der Waals surface area (Å²) in [6.45, 7) is 6.49. The number of hydrogen-bond donors (Lipinski definition) is 4. The maximum atomic E-state index is 11.2. The molecule has 0 aromatic heterocycles. The number of rotatable bonds is 7. The van der Waals surface area contributed by atoms with E-state index < -0.39 is 23.7 Å². The highest BCUT2D eigenvalue weighted by molar-refractivity contribution is 5.78. The van der Waals surface area contributed by atoms with Crippen LogP contribution in [0, 0.1) is 0 Å². The van der Waals surface area contributed by atoms with Gasteiger partial charge in [-0.05, 0) is 33.7 Å². The fraction of sp³-hybridized carbons (Fsp3) is 0.818. The summed E-state index contributed by atoms with van der Waals surface area (Å²) in [6.07, 6.45) is -0.978. The fourth-order valence-electron chi connectivity index (χ4n) is 1.06. The molecule has 0 saturated carbocycles. The minimum atomic E-state index is -1.18. The van der Waals surface area contributed by atoms with Crippen molar-refractivity contribution in [1.82, 2.24) is 10.6 Å². The van der Waals surface area contributed by atoms with Gasteiger partial charge in [0.25, 0.3) is 0 Å². The molecule has 0 aromatic rings. The molecule has 5 N–H and O–H groups in total. The van der Waals surface area contributed by atoms with Crippen LogP contribution in [0.5, 0.6) is 0 Å². The number of carbonyl (C=O) groups excluding carboxylic acids is 2. The third-order valence-corrected chi connectivity index (χ3v) is 1.86. The molecular formula is C11H23N3O4. The summed E-state index contributed by atoms with van der Waals surface area (Å²) >= 11 is 0. The van der Waals surface area contributed by atoms with Gasteiger partial charge < -0.3 is 26.2 Å². The molecule has 1 unspecified atom stereocenters. The standard InChI is InChI=1S/C11H23N3O4/c1-11(2,3)18-10(17)14-6-4-5-13-7-8(15)9(12)16/h8,13,15H,4-7H2,1-3H3,(H2,12,16)(H,14,17). The van der Waals surface area contributed by atoms with Crippen molar-refractivity contribution in [3.8, 4) is 0 Å². The normalized spacial score (nSPS) is 12.9. The van der Waals surface area contributed by atoms with Gasteiger partial charge >= 0.3 is 6.09 Å². The van der Waals surface area contributed by atoms with Crippen molar-refractivity contribution in [1.29, 1.82) is 0 Å². The molecule has 0 spiro atoms. The molecule has 0 heterocycles. The van der Waals surface area contributed by atoms with Crippen LogP contribution in [-0.2, 0) is 9.53 Å². The number of aliphatic hydroxyl groups is 1. The predicted octanol–water partition coefficient (Wildman–Crippen LogP) is -0.663. The van der Waals surface area contributed by atoms with Crippen LogP contribution in [0.25, 0.3) is 0 Å². The first kappa shape index (κ1) is 16.7. The van der Waals surface area contributed by atoms with Crippen LogP contribution in [0.3, 0.4) is 0 Å². The molecule has 7 heteroatoms. The third kappa shape index (κ3) is 9.86. The lowest BCUT2D eigenvalue weighted by Gasteiger charge is -2.19. The van der Waals surface area contributed by atoms with E-state index in [1.807, 2.05) is 0 Å². The van der Waals surface area contributed by atoms with E-state index in [9.17, 15) is 9.59 Å². The largest absolute Gasteiger partial charge is 0.444 e. The third-order valence-electron chi connectivity index (χ3n) is 1.86. The van der Waals surface area contributed by atoms with Crippen LogP contribution in [0.15, 0.2) is 0 Å². The topological polar surface area (TPSA) is 114 Å². The maximum absolute atomic E-state index is 11.2. The van der Waals surface area contributed by atoms with Crippen LogP contribution < -0.4 is 16.4 Å². The average Bonchev–Trinajstić information content (AvgIpc) is 2.19. The summed E-state index contributed by atoms with van der Waals surface area (Å²) in [5.41, 5.74) is 4.37. The zero-order chi connectivity index (χ0) is 14.2. The number of amides is 2. The van der Waals surface area contributed by atoms with Crippen molar-refractivity contribution >= 4 is 12.0 Å². The number of nitrogens with one attached hydrogen (secondary N) is 2. The molecule has 0 saturated heterocycles. The van der Waals surface area contributed by atoms with E-state index in [-0.39, 0.29) is 6.54 Å². The molecule has 0 radical (unpaired) electrons. The molecule has 0 rings (SSSR count). The summed E-state index contributed by atoms with van der Waals surface area (Å²) in [6, 6.07) is 0. The first-order valence-corrected chi connectivity index (χ1v) is 5.87. The Kier molecular flexibility index (Phi) is 7.30. The second-order valence-corrected chi connectivity index (χ2v) is 4.90. The quantitative estimate of drug-likeness (QED) is 0.454. The lowest BCUT2D eigenvalue weighted by Crippen LogP contribution is -2.38. The Morgan fingerprint density at radius 2 is 1.94 bits per heavy atom. The number of aliphatic hydroxyl groups excluding tert-OH is 1. The second kappa shape index (κ2) is 7.88. The molecule has 0 aromatic carbocycles. The van der Waals surface area contributed by atoms with Gasteiger partial charge in [-0.15, -0.1) is 0 Å². The maximum Gasteiger partial charge on any atom is 0.407 e. The van der Waals surface area contributed by atoms with E-state index in [0.29, 0.717) is 19.5 Å². The smallest absolute Gasteiger partial charge is 0.407 e. The van der Waals surface area contributed by atoms with Crippen LogP contribution in [0.4, 0.5) is 4.79 Å². The first-order valence-electron chi connectivity index (χ1n) is 5.87. The second-order valence-electron chi connectivity index (χ2n) is 4.90. The van der Waals surface area contributed by atoms with Gasteiger partial charge in [0.05, 0.1) is 0 Å². The minimum absolute atomic E-state index is 0.113. The number of carbonyl (C=O) groups is 2. The summed E-state index contributed by atoms with van der Waals surface area (Å²) in [5.74, 6) is -0.755. The zero-order valence-electron chi connectivity index (χ0n) is 11.2. The number of alkyl carbamates (subject to hydrolysis) is 1. The molecular weight excluding hydrogens is 238 g/mol. The van der Waals surface area contributed by atoms with Crippen molar-refractivity contribution in [3.63, 3.8) is 0 Å². The Morgan fingerprint density at radius 1 is 1.33 bits per heavy atom. The Morgan fingerprint density at radius 3 is 2.44 bits per heavy atom. The number of nitrogens with two attached hydrogens (primary N) is 1. The van der Waals surface area contributed by atoms with Crippen molar-refractivity contribution in [2.45, 2.75) is 38.9 Å². The van der Waals surface area contributed by atoms with Gasteiger partial charge in [0.1, 0.15) is 11.7 Å². The number of ether oxygens (including phenoxy) is 1. The van der Waals surface area contributed by atoms with Gasteiger partial charge in [0.2, 0.25) is 5.91 Å². The van der Waals surface area contributed by atoms with E-state index in [1.54, 1.807) is 20.8 Å². The molecule has 7 nitrogen and oxygen atoms in total. The molecule has 0 aliphatic heterocycles. The van der Waals surface area contributed by atoms with E-state index in [1.165, 1.54) is 0 Å². The van der Waals surface area contributed by atoms with E-state index >= 15 is 0 Å². The highest BCUT2D eigenvalue weighted by Crippen LogP contribution is 2.06. The van der Waals surface area contributed by atoms with Gasteiger partial charge in [0.15, 0.2) is 0 Å². The van der Waals surface area contributed by atoms with E-state index in [0.717, 1.165) is 0 Å². The summed E-state index contributed by atoms with van der Waals surface area (Å²) in [4.78, 5) is 21.7. The molecule has 0 aliphatic carbocycles. The lowest BCUT2D eigenvalue weighted by molar-refractivity contribution is -0.125. The van der Waals surface area contributed by atoms with Crippen LogP contribution in [0.1, 0.15) is 27.2 Å². The summed E-state index contributed by atoms with van der Waals surface area (Å²) in [7, 11) is 0. The number of hydrogen-bond acceptors (Lipinski definition) is 5. The van der Waals surface area contributed by atoms with Crippen molar-refractivity contribution in [2.24, 2.45) is 5.73 Å². The van der Waals surface area contributed by atoms with Gasteiger partial charge in [-0.2, -0.15) is 0 Å². The monoisotopic (exact) mass is 261 g/mol. The Balaban J connectivity index is 3.46. The fourth-order valence-corrected chi connectivity index (χ4v) is 1.06. The van der Waals surface area contributed by atoms with Gasteiger partial charge in [-0.25, -0.2) is 4.79 Å². The van der Waals surface area contributed by atoms with Crippen LogP contribution >= 0.6 is 0 Å². The van der Waals surface area contributed by atoms with Crippen molar-refractivity contribution in [3.05, 3.63) is 0 Å². The summed E-state index contributed by atoms with van der Waals surface area (Å²) in [5, 5.41) is 14.5. The number of primary amides is 1. The van der Waals surface area contributed by atoms with Crippen LogP contribution in [-0.4, -0.2) is 48.4 Å². The Labute approximate surface area is 107 Å². The molecule has 0 fully saturated rings. The highest BCUT2D eigenvalue weighted by Gasteiger charge is 2.15.